The molecule has 0 rings (SSSR count). The zero-order valence-electron chi connectivity index (χ0n) is 82.3. The number of nitrogens with two attached hydrogens (primary N) is 2. The second-order valence-electron chi connectivity index (χ2n) is 35.6. The first-order chi connectivity index (χ1) is 58.2. The number of aliphatic hydroxyl groups excluding tert-OH is 5. The molecule has 40 nitrogen and oxygen atoms in total. The number of aliphatic hydroxyl groups is 5. The van der Waals surface area contributed by atoms with E-state index in [1.165, 1.54) is 28.3 Å². The van der Waals surface area contributed by atoms with Gasteiger partial charge < -0.3 is 128 Å². The molecule has 5 unspecified atom stereocenters. The van der Waals surface area contributed by atoms with E-state index in [0.717, 1.165) is 108 Å². The van der Waals surface area contributed by atoms with Crippen molar-refractivity contribution in [3.8, 4) is 6.07 Å². The predicted octanol–water partition coefficient (Wildman–Crippen LogP) is 10.7. The van der Waals surface area contributed by atoms with Crippen LogP contribution in [0.5, 0.6) is 0 Å². The smallest absolute Gasteiger partial charge is 0.408 e. The second kappa shape index (κ2) is 74.1. The molecule has 0 aromatic heterocycles. The number of hydroxylamine groups is 2. The molecule has 0 saturated carbocycles. The Balaban J connectivity index is -0.000000214. The van der Waals surface area contributed by atoms with Crippen LogP contribution in [-0.2, 0) is 66.8 Å². The fraction of sp³-hybridized carbons (Fsp3) is 0.839. The number of aliphatic carboxylic acids is 3. The van der Waals surface area contributed by atoms with E-state index in [4.69, 9.17) is 70.4 Å². The van der Waals surface area contributed by atoms with Crippen molar-refractivity contribution in [2.45, 2.75) is 447 Å². The van der Waals surface area contributed by atoms with Gasteiger partial charge in [0.1, 0.15) is 58.1 Å². The van der Waals surface area contributed by atoms with E-state index in [1.54, 1.807) is 131 Å². The molecule has 20 N–H and O–H groups in total. The predicted molar refractivity (Wildman–Crippen MR) is 484 cm³/mol. The van der Waals surface area contributed by atoms with E-state index in [-0.39, 0.29) is 5.91 Å². The Hall–Kier alpha value is -8.72. The molecule has 0 saturated heterocycles. The summed E-state index contributed by atoms with van der Waals surface area (Å²) in [6.07, 6.45) is 8.92. The van der Waals surface area contributed by atoms with Crippen LogP contribution in [0.2, 0.25) is 0 Å². The molecular formula is C87H172N12O28. The van der Waals surface area contributed by atoms with Crippen LogP contribution in [0.3, 0.4) is 0 Å². The van der Waals surface area contributed by atoms with Gasteiger partial charge in [0, 0.05) is 33.2 Å². The first-order valence-corrected chi connectivity index (χ1v) is 43.9. The number of hydrogen-bond donors (Lipinski definition) is 18. The van der Waals surface area contributed by atoms with Gasteiger partial charge in [0.2, 0.25) is 5.91 Å². The van der Waals surface area contributed by atoms with Gasteiger partial charge in [-0.3, -0.25) is 19.2 Å². The van der Waals surface area contributed by atoms with Gasteiger partial charge in [0.15, 0.2) is 24.4 Å². The Labute approximate surface area is 757 Å². The Kier molecular flexibility index (Phi) is 78.1. The molecule has 40 heteroatoms. The number of amides is 9. The van der Waals surface area contributed by atoms with Crippen molar-refractivity contribution in [1.82, 2.24) is 47.6 Å². The number of nitrogens with zero attached hydrogens (tertiary/aromatic N) is 2. The third-order valence-corrected chi connectivity index (χ3v) is 16.1. The van der Waals surface area contributed by atoms with Gasteiger partial charge in [0.05, 0.1) is 37.3 Å². The molecule has 0 aromatic rings. The van der Waals surface area contributed by atoms with E-state index < -0.39 is 179 Å². The standard InChI is InChI=1S/2C13H26N2O4.C12H22N2O3.C12H23NO5.C11H21NO4.C11H21NO3.C8H18N2O2.C7H15NO3/c1-7-8-9-10(11(16)15(5)18-6)14-12(17)19-13(2,3)4;1-6-7-8-9(10(16)11(17)14-5)15-12(18)19-13(2,3)4;1-5-6-7-9(10(15)8-13)14-11(16)17-12(2,3)4;1-5-6-7-8(9(14)10(15)16)13-11(17)18-12(2,3)4;1-5-6-7-8(9(13)14)12-10(15)16-11(2,3)4;1-5-6-7-9(8-13)12-10(14)15-11(2,3)4;1-3-4-5-6(9)7(11)8(12)10-2;1-2-3-4-5(8)6(9)7(10)11/h10H,7-9H2,1-6H3,(H,14,17);9-10,16H,6-8H2,1-5H3,(H,14,17)(H,15,18);9-10,15H,5-7H2,1-4H3,(H,14,16);8-9,14H,5-7H2,1-4H3,(H,13,17)(H,15,16);8H,5-7H2,1-4H3,(H,12,15)(H,13,14);8-9H,5-7H2,1-4H3,(H,12,14);6-7,11H,3-5,9H2,1-2H3,(H,10,12);5-6,9H,2-4,8H2,1H3,(H,10,11)/t10-;2*9-,10?;8-,9?;8-;9-;6-,7?;5-,6?/m00000000/s1. The van der Waals surface area contributed by atoms with Crippen LogP contribution in [0.1, 0.15) is 334 Å². The number of unbranched alkanes of at least 4 members (excludes halogenated alkanes) is 8. The molecule has 748 valence electrons. The van der Waals surface area contributed by atoms with Gasteiger partial charge in [-0.1, -0.05) is 158 Å². The van der Waals surface area contributed by atoms with E-state index in [2.05, 4.69) is 42.5 Å². The van der Waals surface area contributed by atoms with Gasteiger partial charge in [0.25, 0.3) is 11.8 Å². The highest BCUT2D eigenvalue weighted by atomic mass is 16.7. The summed E-state index contributed by atoms with van der Waals surface area (Å²) in [6.45, 7) is 47.5. The molecule has 0 aliphatic heterocycles. The third kappa shape index (κ3) is 85.2. The van der Waals surface area contributed by atoms with Crippen molar-refractivity contribution >= 4 is 78.5 Å². The molecule has 0 fully saturated rings. The van der Waals surface area contributed by atoms with Gasteiger partial charge >= 0.3 is 54.5 Å². The quantitative estimate of drug-likeness (QED) is 0.0117. The van der Waals surface area contributed by atoms with Gasteiger partial charge in [-0.15, -0.1) is 0 Å². The van der Waals surface area contributed by atoms with Gasteiger partial charge in [-0.2, -0.15) is 5.26 Å². The number of carboxylic acid groups (broad SMARTS) is 3. The maximum atomic E-state index is 12.0. The van der Waals surface area contributed by atoms with Crippen LogP contribution in [0.25, 0.3) is 0 Å². The first kappa shape index (κ1) is 134. The lowest BCUT2D eigenvalue weighted by molar-refractivity contribution is -0.171. The van der Waals surface area contributed by atoms with Crippen LogP contribution < -0.4 is 54.0 Å². The fourth-order valence-corrected chi connectivity index (χ4v) is 9.49. The van der Waals surface area contributed by atoms with Crippen molar-refractivity contribution in [2.75, 3.05) is 28.3 Å². The highest BCUT2D eigenvalue weighted by Gasteiger charge is 2.33. The number of alkyl carbamates (subject to hydrolysis) is 6. The number of nitrogens with one attached hydrogen (secondary N) is 8. The van der Waals surface area contributed by atoms with Crippen molar-refractivity contribution < 1.29 is 136 Å². The summed E-state index contributed by atoms with van der Waals surface area (Å²) in [7, 11) is 5.84. The Morgan fingerprint density at radius 1 is 0.362 bits per heavy atom. The van der Waals surface area contributed by atoms with Crippen molar-refractivity contribution in [1.29, 1.82) is 5.26 Å². The number of rotatable bonds is 43. The van der Waals surface area contributed by atoms with Gasteiger partial charge in [-0.25, -0.2) is 48.2 Å². The van der Waals surface area contributed by atoms with Crippen LogP contribution in [0.15, 0.2) is 0 Å². The third-order valence-electron chi connectivity index (χ3n) is 16.1. The number of carbonyl (C=O) groups excluding carboxylic acids is 10. The first-order valence-electron chi connectivity index (χ1n) is 43.9. The van der Waals surface area contributed by atoms with Crippen LogP contribution >= 0.6 is 0 Å². The molecule has 127 heavy (non-hydrogen) atoms. The maximum absolute atomic E-state index is 12.0. The SMILES string of the molecule is CCCC[C@@H](C=O)NC(=O)OC(C)(C)C.CCCC[C@H](N)C(O)C(=O)NC.CCCC[C@H](N)C(O)C(=O)O.CCCC[C@H](NC(=O)OC(C)(C)C)C(=O)N(C)OC.CCCC[C@H](NC(=O)OC(C)(C)C)C(=O)O.CCCC[C@H](NC(=O)OC(C)(C)C)C(O)C#N.CCCC[C@H](NC(=O)OC(C)(C)C)C(O)C(=O)NC.CCCC[C@H](NC(=O)OC(C)(C)C)C(O)C(=O)O. The zero-order valence-corrected chi connectivity index (χ0v) is 82.3. The minimum atomic E-state index is -1.62. The monoisotopic (exact) mass is 1830 g/mol. The molecule has 0 spiro atoms. The summed E-state index contributed by atoms with van der Waals surface area (Å²) in [5, 5.41) is 102. The Morgan fingerprint density at radius 2 is 0.614 bits per heavy atom. The summed E-state index contributed by atoms with van der Waals surface area (Å²) in [5.41, 5.74) is 7.36. The molecule has 13 atom stereocenters. The Morgan fingerprint density at radius 3 is 0.898 bits per heavy atom. The summed E-state index contributed by atoms with van der Waals surface area (Å²) in [4.78, 5) is 151. The minimum absolute atomic E-state index is 0.290. The normalized spacial score (nSPS) is 14.1. The number of likely N-dealkylation sites (N-methyl/N-ethyl adjacent to an activating group) is 3. The fourth-order valence-electron chi connectivity index (χ4n) is 9.49. The molecular weight excluding hydrogens is 1660 g/mol. The summed E-state index contributed by atoms with van der Waals surface area (Å²) in [6, 6.07) is -3.32. The number of hydrogen-bond acceptors (Lipinski definition) is 28. The maximum Gasteiger partial charge on any atom is 0.408 e. The second-order valence-corrected chi connectivity index (χ2v) is 35.6. The molecule has 0 radical (unpaired) electrons. The van der Waals surface area contributed by atoms with Crippen LogP contribution in [-0.4, -0.2) is 265 Å². The number of aldehydes is 1. The lowest BCUT2D eigenvalue weighted by Gasteiger charge is -2.25. The number of ether oxygens (including phenoxy) is 6. The molecule has 0 aliphatic carbocycles. The summed E-state index contributed by atoms with van der Waals surface area (Å²) < 4.78 is 30.4. The number of nitriles is 1. The highest BCUT2D eigenvalue weighted by molar-refractivity contribution is 5.85. The number of carbonyl (C=O) groups is 13. The van der Waals surface area contributed by atoms with Gasteiger partial charge in [-0.05, 0) is 176 Å². The van der Waals surface area contributed by atoms with E-state index in [1.807, 2.05) is 55.4 Å². The zero-order chi connectivity index (χ0) is 101. The number of carboxylic acids is 3. The van der Waals surface area contributed by atoms with E-state index >= 15 is 0 Å². The lowest BCUT2D eigenvalue weighted by Crippen LogP contribution is -2.51. The molecule has 0 bridgehead atoms. The summed E-state index contributed by atoms with van der Waals surface area (Å²) >= 11 is 0. The van der Waals surface area contributed by atoms with E-state index in [0.29, 0.717) is 57.8 Å². The minimum Gasteiger partial charge on any atom is -0.480 e. The average molecular weight is 1830 g/mol. The molecule has 9 amide bonds. The largest absolute Gasteiger partial charge is 0.480 e. The van der Waals surface area contributed by atoms with E-state index in [9.17, 15) is 82.8 Å². The molecule has 0 aromatic carbocycles. The lowest BCUT2D eigenvalue weighted by atomic mass is 10.0. The summed E-state index contributed by atoms with van der Waals surface area (Å²) in [5.74, 6) is -4.84. The average Bonchev–Trinajstić information content (AvgIpc) is 0.894. The molecule has 0 aliphatic rings. The topological polar surface area (TPSA) is 624 Å². The van der Waals surface area contributed by atoms with Crippen LogP contribution in [0, 0.1) is 11.3 Å². The van der Waals surface area contributed by atoms with Crippen LogP contribution in [0.4, 0.5) is 28.8 Å². The van der Waals surface area contributed by atoms with Crippen molar-refractivity contribution in [2.24, 2.45) is 11.5 Å². The Bertz CT molecular complexity index is 3050. The highest BCUT2D eigenvalue weighted by Crippen LogP contribution is 2.17. The van der Waals surface area contributed by atoms with Crippen molar-refractivity contribution in [3.05, 3.63) is 0 Å². The molecule has 0 heterocycles. The van der Waals surface area contributed by atoms with Crippen molar-refractivity contribution in [3.63, 3.8) is 0 Å².